The molecule has 0 aliphatic heterocycles. The van der Waals surface area contributed by atoms with Gasteiger partial charge in [0.15, 0.2) is 11.5 Å². The molecule has 0 bridgehead atoms. The molecule has 0 saturated carbocycles. The molecule has 102 valence electrons. The molecule has 0 aromatic heterocycles. The third-order valence-corrected chi connectivity index (χ3v) is 2.39. The fourth-order valence-corrected chi connectivity index (χ4v) is 1.46. The first-order valence-corrected chi connectivity index (χ1v) is 6.07. The van der Waals surface area contributed by atoms with E-state index in [1.165, 1.54) is 0 Å². The first-order valence-electron chi connectivity index (χ1n) is 6.07. The highest BCUT2D eigenvalue weighted by Crippen LogP contribution is 2.28. The highest BCUT2D eigenvalue weighted by Gasteiger charge is 2.10. The number of alkyl halides is 1. The number of nitrogens with one attached hydrogen (secondary N) is 1. The third kappa shape index (κ3) is 4.92. The lowest BCUT2D eigenvalue weighted by atomic mass is 10.1. The van der Waals surface area contributed by atoms with Gasteiger partial charge in [-0.05, 0) is 38.5 Å². The van der Waals surface area contributed by atoms with E-state index in [4.69, 9.17) is 9.47 Å². The Balaban J connectivity index is 2.72. The number of rotatable bonds is 6. The first kappa shape index (κ1) is 14.8. The fourth-order valence-electron chi connectivity index (χ4n) is 1.46. The second-order valence-electron chi connectivity index (χ2n) is 5.13. The van der Waals surface area contributed by atoms with Gasteiger partial charge in [0.05, 0.1) is 7.11 Å². The topological polar surface area (TPSA) is 30.5 Å². The summed E-state index contributed by atoms with van der Waals surface area (Å²) in [6.07, 6.45) is 0. The molecule has 1 aromatic rings. The Hall–Kier alpha value is -1.29. The van der Waals surface area contributed by atoms with Gasteiger partial charge in [0.2, 0.25) is 0 Å². The molecular formula is C14H22FNO2. The normalized spacial score (nSPS) is 11.4. The van der Waals surface area contributed by atoms with Crippen LogP contribution in [0.4, 0.5) is 4.39 Å². The monoisotopic (exact) mass is 255 g/mol. The minimum absolute atomic E-state index is 0.0515. The summed E-state index contributed by atoms with van der Waals surface area (Å²) in [4.78, 5) is 0. The molecule has 0 radical (unpaired) electrons. The summed E-state index contributed by atoms with van der Waals surface area (Å²) in [7, 11) is 1.58. The van der Waals surface area contributed by atoms with Crippen LogP contribution in [0.3, 0.4) is 0 Å². The second-order valence-corrected chi connectivity index (χ2v) is 5.13. The number of methoxy groups -OCH3 is 1. The molecule has 0 atom stereocenters. The van der Waals surface area contributed by atoms with Gasteiger partial charge in [0.25, 0.3) is 0 Å². The quantitative estimate of drug-likeness (QED) is 0.847. The van der Waals surface area contributed by atoms with Gasteiger partial charge in [-0.15, -0.1) is 0 Å². The van der Waals surface area contributed by atoms with Crippen LogP contribution in [0.2, 0.25) is 0 Å². The van der Waals surface area contributed by atoms with E-state index in [-0.39, 0.29) is 12.1 Å². The largest absolute Gasteiger partial charge is 0.493 e. The summed E-state index contributed by atoms with van der Waals surface area (Å²) < 4.78 is 22.6. The molecule has 0 heterocycles. The molecule has 0 spiro atoms. The summed E-state index contributed by atoms with van der Waals surface area (Å²) >= 11 is 0. The molecule has 0 aliphatic rings. The number of hydrogen-bond donors (Lipinski definition) is 1. The van der Waals surface area contributed by atoms with Gasteiger partial charge in [0.1, 0.15) is 13.3 Å². The smallest absolute Gasteiger partial charge is 0.161 e. The van der Waals surface area contributed by atoms with Crippen LogP contribution in [-0.2, 0) is 6.54 Å². The van der Waals surface area contributed by atoms with Crippen molar-refractivity contribution >= 4 is 0 Å². The molecule has 4 heteroatoms. The molecule has 1 aromatic carbocycles. The van der Waals surface area contributed by atoms with E-state index in [0.717, 1.165) is 12.1 Å². The molecule has 0 saturated heterocycles. The van der Waals surface area contributed by atoms with Gasteiger partial charge in [-0.25, -0.2) is 4.39 Å². The minimum Gasteiger partial charge on any atom is -0.493 e. The molecule has 3 nitrogen and oxygen atoms in total. The van der Waals surface area contributed by atoms with E-state index in [1.54, 1.807) is 7.11 Å². The zero-order valence-corrected chi connectivity index (χ0v) is 11.5. The molecule has 18 heavy (non-hydrogen) atoms. The average Bonchev–Trinajstić information content (AvgIpc) is 2.33. The Labute approximate surface area is 108 Å². The van der Waals surface area contributed by atoms with E-state index in [2.05, 4.69) is 26.1 Å². The van der Waals surface area contributed by atoms with Crippen LogP contribution in [-0.4, -0.2) is 25.9 Å². The lowest BCUT2D eigenvalue weighted by molar-refractivity contribution is 0.260. The maximum atomic E-state index is 12.1. The van der Waals surface area contributed by atoms with E-state index in [1.807, 2.05) is 18.2 Å². The summed E-state index contributed by atoms with van der Waals surface area (Å²) in [6, 6.07) is 5.68. The lowest BCUT2D eigenvalue weighted by Gasteiger charge is -2.21. The Morgan fingerprint density at radius 1 is 1.22 bits per heavy atom. The minimum atomic E-state index is -0.503. The maximum absolute atomic E-state index is 12.1. The maximum Gasteiger partial charge on any atom is 0.161 e. The Kier molecular flexibility index (Phi) is 5.41. The molecule has 1 N–H and O–H groups in total. The van der Waals surface area contributed by atoms with Gasteiger partial charge < -0.3 is 14.8 Å². The van der Waals surface area contributed by atoms with Crippen molar-refractivity contribution in [1.82, 2.24) is 5.32 Å². The molecular weight excluding hydrogens is 233 g/mol. The van der Waals surface area contributed by atoms with E-state index in [9.17, 15) is 4.39 Å². The Morgan fingerprint density at radius 3 is 2.50 bits per heavy atom. The van der Waals surface area contributed by atoms with Crippen LogP contribution >= 0.6 is 0 Å². The van der Waals surface area contributed by atoms with Crippen LogP contribution in [0.5, 0.6) is 11.5 Å². The highest BCUT2D eigenvalue weighted by molar-refractivity contribution is 5.43. The molecule has 0 aliphatic carbocycles. The van der Waals surface area contributed by atoms with E-state index < -0.39 is 6.67 Å². The summed E-state index contributed by atoms with van der Waals surface area (Å²) in [5.74, 6) is 1.21. The average molecular weight is 255 g/mol. The number of halogens is 1. The molecule has 0 unspecified atom stereocenters. The number of hydrogen-bond acceptors (Lipinski definition) is 3. The van der Waals surface area contributed by atoms with Crippen LogP contribution in [0.25, 0.3) is 0 Å². The van der Waals surface area contributed by atoms with Gasteiger partial charge in [0, 0.05) is 12.1 Å². The Bertz CT molecular complexity index is 375. The van der Waals surface area contributed by atoms with Crippen molar-refractivity contribution in [2.45, 2.75) is 32.9 Å². The van der Waals surface area contributed by atoms with Gasteiger partial charge in [-0.3, -0.25) is 0 Å². The predicted molar refractivity (Wildman–Crippen MR) is 71.1 cm³/mol. The SMILES string of the molecule is COc1cc(CNC(C)(C)C)ccc1OCCF. The standard InChI is InChI=1S/C14H22FNO2/c1-14(2,3)16-10-11-5-6-12(18-8-7-15)13(9-11)17-4/h5-6,9,16H,7-8,10H2,1-4H3. The molecule has 0 amide bonds. The summed E-state index contributed by atoms with van der Waals surface area (Å²) in [5, 5.41) is 3.40. The Morgan fingerprint density at radius 2 is 1.94 bits per heavy atom. The number of benzene rings is 1. The van der Waals surface area contributed by atoms with Crippen molar-refractivity contribution in [3.63, 3.8) is 0 Å². The van der Waals surface area contributed by atoms with Gasteiger partial charge in [-0.2, -0.15) is 0 Å². The first-order chi connectivity index (χ1) is 8.46. The van der Waals surface area contributed by atoms with Gasteiger partial charge >= 0.3 is 0 Å². The van der Waals surface area contributed by atoms with Crippen molar-refractivity contribution in [2.75, 3.05) is 20.4 Å². The number of ether oxygens (including phenoxy) is 2. The van der Waals surface area contributed by atoms with Crippen LogP contribution in [0, 0.1) is 0 Å². The fraction of sp³-hybridized carbons (Fsp3) is 0.571. The summed E-state index contributed by atoms with van der Waals surface area (Å²) in [6.45, 7) is 6.64. The zero-order chi connectivity index (χ0) is 13.6. The van der Waals surface area contributed by atoms with E-state index in [0.29, 0.717) is 11.5 Å². The van der Waals surface area contributed by atoms with Crippen molar-refractivity contribution in [1.29, 1.82) is 0 Å². The van der Waals surface area contributed by atoms with Crippen LogP contribution < -0.4 is 14.8 Å². The van der Waals surface area contributed by atoms with Crippen LogP contribution in [0.1, 0.15) is 26.3 Å². The van der Waals surface area contributed by atoms with Crippen LogP contribution in [0.15, 0.2) is 18.2 Å². The van der Waals surface area contributed by atoms with Gasteiger partial charge in [-0.1, -0.05) is 6.07 Å². The molecule has 0 fully saturated rings. The van der Waals surface area contributed by atoms with Crippen molar-refractivity contribution in [3.8, 4) is 11.5 Å². The zero-order valence-electron chi connectivity index (χ0n) is 11.5. The molecule has 1 rings (SSSR count). The van der Waals surface area contributed by atoms with Crippen molar-refractivity contribution in [2.24, 2.45) is 0 Å². The summed E-state index contributed by atoms with van der Waals surface area (Å²) in [5.41, 5.74) is 1.17. The highest BCUT2D eigenvalue weighted by atomic mass is 19.1. The van der Waals surface area contributed by atoms with Crippen molar-refractivity contribution < 1.29 is 13.9 Å². The van der Waals surface area contributed by atoms with E-state index >= 15 is 0 Å². The lowest BCUT2D eigenvalue weighted by Crippen LogP contribution is -2.35. The van der Waals surface area contributed by atoms with Crippen molar-refractivity contribution in [3.05, 3.63) is 23.8 Å². The second kappa shape index (κ2) is 6.59. The predicted octanol–water partition coefficient (Wildman–Crippen LogP) is 2.93. The third-order valence-electron chi connectivity index (χ3n) is 2.39.